The normalized spacial score (nSPS) is 13.2. The van der Waals surface area contributed by atoms with E-state index in [9.17, 15) is 13.2 Å². The lowest BCUT2D eigenvalue weighted by molar-refractivity contribution is -0.137. The van der Waals surface area contributed by atoms with Crippen molar-refractivity contribution >= 4 is 0 Å². The smallest absolute Gasteiger partial charge is 0.310 e. The summed E-state index contributed by atoms with van der Waals surface area (Å²) >= 11 is 0. The first-order chi connectivity index (χ1) is 9.34. The van der Waals surface area contributed by atoms with Crippen LogP contribution < -0.4 is 5.32 Å². The van der Waals surface area contributed by atoms with E-state index in [1.54, 1.807) is 6.07 Å². The van der Waals surface area contributed by atoms with Crippen molar-refractivity contribution in [2.75, 3.05) is 6.54 Å². The van der Waals surface area contributed by atoms with Crippen LogP contribution in [0.3, 0.4) is 0 Å². The number of halogens is 3. The zero-order valence-electron chi connectivity index (χ0n) is 12.1. The summed E-state index contributed by atoms with van der Waals surface area (Å²) < 4.78 is 38.3. The summed E-state index contributed by atoms with van der Waals surface area (Å²) in [6, 6.07) is 5.51. The molecular formula is C16H22F3N. The maximum atomic E-state index is 12.8. The summed E-state index contributed by atoms with van der Waals surface area (Å²) in [5.41, 5.74) is 1.14. The topological polar surface area (TPSA) is 12.0 Å². The maximum Gasteiger partial charge on any atom is 0.416 e. The van der Waals surface area contributed by atoms with E-state index >= 15 is 0 Å². The van der Waals surface area contributed by atoms with Crippen LogP contribution in [0.15, 0.2) is 36.4 Å². The summed E-state index contributed by atoms with van der Waals surface area (Å²) in [7, 11) is 0. The van der Waals surface area contributed by atoms with E-state index in [2.05, 4.69) is 11.9 Å². The van der Waals surface area contributed by atoms with Crippen LogP contribution in [0.2, 0.25) is 0 Å². The van der Waals surface area contributed by atoms with Crippen molar-refractivity contribution in [3.63, 3.8) is 0 Å². The van der Waals surface area contributed by atoms with Gasteiger partial charge in [-0.05, 0) is 50.4 Å². The number of benzene rings is 1. The van der Waals surface area contributed by atoms with Crippen molar-refractivity contribution in [2.45, 2.75) is 45.3 Å². The fourth-order valence-corrected chi connectivity index (χ4v) is 2.03. The predicted molar refractivity (Wildman–Crippen MR) is 76.5 cm³/mol. The summed E-state index contributed by atoms with van der Waals surface area (Å²) in [4.78, 5) is 0. The molecule has 0 fully saturated rings. The van der Waals surface area contributed by atoms with Gasteiger partial charge in [0.2, 0.25) is 0 Å². The molecule has 0 saturated heterocycles. The zero-order valence-corrected chi connectivity index (χ0v) is 12.1. The minimum atomic E-state index is -4.29. The molecule has 1 aromatic carbocycles. The van der Waals surface area contributed by atoms with E-state index in [1.807, 2.05) is 13.8 Å². The Morgan fingerprint density at radius 3 is 2.60 bits per heavy atom. The molecule has 0 saturated carbocycles. The standard InChI is InChI=1S/C16H22F3N/c1-4-10-20-15(9-8-12(2)3)13-6-5-7-14(11-13)16(17,18)19/h5-7,11,15,20H,2,4,8-10H2,1,3H3. The second kappa shape index (κ2) is 7.48. The van der Waals surface area contributed by atoms with Gasteiger partial charge in [0.25, 0.3) is 0 Å². The van der Waals surface area contributed by atoms with Crippen molar-refractivity contribution in [3.05, 3.63) is 47.5 Å². The van der Waals surface area contributed by atoms with E-state index in [4.69, 9.17) is 0 Å². The van der Waals surface area contributed by atoms with Crippen molar-refractivity contribution in [1.29, 1.82) is 0 Å². The van der Waals surface area contributed by atoms with Crippen LogP contribution in [0.4, 0.5) is 13.2 Å². The molecule has 0 aliphatic carbocycles. The minimum Gasteiger partial charge on any atom is -0.310 e. The quantitative estimate of drug-likeness (QED) is 0.687. The Kier molecular flexibility index (Phi) is 6.27. The monoisotopic (exact) mass is 285 g/mol. The fraction of sp³-hybridized carbons (Fsp3) is 0.500. The summed E-state index contributed by atoms with van der Waals surface area (Å²) in [6.45, 7) is 8.61. The van der Waals surface area contributed by atoms with Gasteiger partial charge in [0.1, 0.15) is 0 Å². The van der Waals surface area contributed by atoms with Crippen LogP contribution in [-0.4, -0.2) is 6.54 Å². The lowest BCUT2D eigenvalue weighted by Gasteiger charge is -2.20. The van der Waals surface area contributed by atoms with Crippen molar-refractivity contribution < 1.29 is 13.2 Å². The molecule has 1 unspecified atom stereocenters. The van der Waals surface area contributed by atoms with Gasteiger partial charge in [-0.2, -0.15) is 13.2 Å². The van der Waals surface area contributed by atoms with Crippen LogP contribution >= 0.6 is 0 Å². The molecule has 20 heavy (non-hydrogen) atoms. The molecule has 0 heterocycles. The molecule has 0 aliphatic rings. The molecule has 1 rings (SSSR count). The number of hydrogen-bond donors (Lipinski definition) is 1. The molecular weight excluding hydrogens is 263 g/mol. The van der Waals surface area contributed by atoms with Crippen LogP contribution in [0.25, 0.3) is 0 Å². The third-order valence-corrected chi connectivity index (χ3v) is 3.12. The van der Waals surface area contributed by atoms with Crippen LogP contribution in [0.5, 0.6) is 0 Å². The summed E-state index contributed by atoms with van der Waals surface area (Å²) in [5.74, 6) is 0. The van der Waals surface area contributed by atoms with Gasteiger partial charge in [-0.1, -0.05) is 24.6 Å². The first-order valence-corrected chi connectivity index (χ1v) is 6.89. The molecule has 1 N–H and O–H groups in total. The Bertz CT molecular complexity index is 438. The Morgan fingerprint density at radius 2 is 2.05 bits per heavy atom. The van der Waals surface area contributed by atoms with Crippen LogP contribution in [-0.2, 0) is 6.18 Å². The Balaban J connectivity index is 2.91. The zero-order chi connectivity index (χ0) is 15.2. The third-order valence-electron chi connectivity index (χ3n) is 3.12. The molecule has 0 bridgehead atoms. The highest BCUT2D eigenvalue weighted by molar-refractivity contribution is 5.28. The number of hydrogen-bond acceptors (Lipinski definition) is 1. The largest absolute Gasteiger partial charge is 0.416 e. The second-order valence-corrected chi connectivity index (χ2v) is 5.13. The minimum absolute atomic E-state index is 0.0612. The average molecular weight is 285 g/mol. The summed E-state index contributed by atoms with van der Waals surface area (Å²) in [5, 5.41) is 3.31. The van der Waals surface area contributed by atoms with Gasteiger partial charge >= 0.3 is 6.18 Å². The number of rotatable bonds is 7. The number of nitrogens with one attached hydrogen (secondary N) is 1. The SMILES string of the molecule is C=C(C)CCC(NCCC)c1cccc(C(F)(F)F)c1. The van der Waals surface area contributed by atoms with Crippen molar-refractivity contribution in [3.8, 4) is 0 Å². The molecule has 1 aromatic rings. The van der Waals surface area contributed by atoms with Crippen molar-refractivity contribution in [1.82, 2.24) is 5.32 Å². The first-order valence-electron chi connectivity index (χ1n) is 6.89. The lowest BCUT2D eigenvalue weighted by atomic mass is 9.98. The molecule has 0 aliphatic heterocycles. The number of alkyl halides is 3. The van der Waals surface area contributed by atoms with Crippen molar-refractivity contribution in [2.24, 2.45) is 0 Å². The van der Waals surface area contributed by atoms with Crippen LogP contribution in [0.1, 0.15) is 50.3 Å². The highest BCUT2D eigenvalue weighted by atomic mass is 19.4. The Morgan fingerprint density at radius 1 is 1.35 bits per heavy atom. The highest BCUT2D eigenvalue weighted by Gasteiger charge is 2.30. The van der Waals surface area contributed by atoms with Gasteiger partial charge in [-0.15, -0.1) is 6.58 Å². The Hall–Kier alpha value is -1.29. The molecule has 1 atom stereocenters. The molecule has 1 nitrogen and oxygen atoms in total. The lowest BCUT2D eigenvalue weighted by Crippen LogP contribution is -2.22. The highest BCUT2D eigenvalue weighted by Crippen LogP contribution is 2.31. The molecule has 4 heteroatoms. The van der Waals surface area contributed by atoms with Gasteiger partial charge in [0, 0.05) is 6.04 Å². The molecule has 0 aromatic heterocycles. The first kappa shape index (κ1) is 16.8. The van der Waals surface area contributed by atoms with Crippen LogP contribution in [0, 0.1) is 0 Å². The van der Waals surface area contributed by atoms with E-state index in [0.29, 0.717) is 5.56 Å². The van der Waals surface area contributed by atoms with E-state index in [0.717, 1.165) is 37.4 Å². The molecule has 0 radical (unpaired) electrons. The maximum absolute atomic E-state index is 12.8. The second-order valence-electron chi connectivity index (χ2n) is 5.13. The van der Waals surface area contributed by atoms with Gasteiger partial charge in [-0.3, -0.25) is 0 Å². The molecule has 112 valence electrons. The van der Waals surface area contributed by atoms with Gasteiger partial charge in [0.05, 0.1) is 5.56 Å². The molecule has 0 spiro atoms. The third kappa shape index (κ3) is 5.37. The van der Waals surface area contributed by atoms with Gasteiger partial charge in [0.15, 0.2) is 0 Å². The number of allylic oxidation sites excluding steroid dienone is 1. The van der Waals surface area contributed by atoms with E-state index in [-0.39, 0.29) is 6.04 Å². The van der Waals surface area contributed by atoms with E-state index < -0.39 is 11.7 Å². The van der Waals surface area contributed by atoms with Gasteiger partial charge < -0.3 is 5.32 Å². The Labute approximate surface area is 118 Å². The van der Waals surface area contributed by atoms with E-state index in [1.165, 1.54) is 12.1 Å². The summed E-state index contributed by atoms with van der Waals surface area (Å²) in [6.07, 6.45) is -1.78. The van der Waals surface area contributed by atoms with Gasteiger partial charge in [-0.25, -0.2) is 0 Å². The molecule has 0 amide bonds. The average Bonchev–Trinajstić information content (AvgIpc) is 2.38. The fourth-order valence-electron chi connectivity index (χ4n) is 2.03. The predicted octanol–water partition coefficient (Wildman–Crippen LogP) is 5.10.